The molecule has 4 heteroatoms. The Morgan fingerprint density at radius 3 is 2.72 bits per heavy atom. The lowest BCUT2D eigenvalue weighted by atomic mass is 9.99. The molecule has 94 valence electrons. The molecule has 1 aliphatic heterocycles. The standard InChI is InChI=1S/C14H17N3O/c18-14-15-13-9-5-4-6-11(13)10-17(14)16-12-7-2-1-3-8-12/h4-6,9H,1-3,7-8,10H2,(H,15,18). The van der Waals surface area contributed by atoms with Gasteiger partial charge in [-0.1, -0.05) is 24.6 Å². The highest BCUT2D eigenvalue weighted by molar-refractivity contribution is 5.94. The van der Waals surface area contributed by atoms with E-state index in [0.29, 0.717) is 6.54 Å². The monoisotopic (exact) mass is 243 g/mol. The Kier molecular flexibility index (Phi) is 3.00. The van der Waals surface area contributed by atoms with Gasteiger partial charge in [-0.3, -0.25) is 0 Å². The minimum Gasteiger partial charge on any atom is -0.306 e. The zero-order valence-corrected chi connectivity index (χ0v) is 10.4. The van der Waals surface area contributed by atoms with Gasteiger partial charge < -0.3 is 5.32 Å². The van der Waals surface area contributed by atoms with E-state index < -0.39 is 0 Å². The quantitative estimate of drug-likeness (QED) is 0.807. The van der Waals surface area contributed by atoms with Gasteiger partial charge in [0.1, 0.15) is 0 Å². The van der Waals surface area contributed by atoms with Crippen LogP contribution in [-0.4, -0.2) is 16.8 Å². The van der Waals surface area contributed by atoms with Crippen LogP contribution in [0.25, 0.3) is 0 Å². The molecule has 0 bridgehead atoms. The lowest BCUT2D eigenvalue weighted by Crippen LogP contribution is -2.35. The highest BCUT2D eigenvalue weighted by Crippen LogP contribution is 2.24. The van der Waals surface area contributed by atoms with Crippen molar-refractivity contribution in [3.8, 4) is 0 Å². The Morgan fingerprint density at radius 2 is 1.89 bits per heavy atom. The smallest absolute Gasteiger partial charge is 0.306 e. The molecule has 1 aliphatic carbocycles. The molecule has 2 amide bonds. The summed E-state index contributed by atoms with van der Waals surface area (Å²) in [5.74, 6) is 0. The number of rotatable bonds is 1. The molecule has 1 heterocycles. The summed E-state index contributed by atoms with van der Waals surface area (Å²) in [6, 6.07) is 7.76. The summed E-state index contributed by atoms with van der Waals surface area (Å²) in [6.07, 6.45) is 5.75. The number of hydrogen-bond donors (Lipinski definition) is 1. The first-order chi connectivity index (χ1) is 8.83. The second kappa shape index (κ2) is 4.80. The van der Waals surface area contributed by atoms with Crippen molar-refractivity contribution < 1.29 is 4.79 Å². The molecule has 2 aliphatic rings. The molecule has 0 saturated heterocycles. The first-order valence-corrected chi connectivity index (χ1v) is 6.56. The first-order valence-electron chi connectivity index (χ1n) is 6.56. The van der Waals surface area contributed by atoms with Gasteiger partial charge in [-0.25, -0.2) is 9.80 Å². The molecule has 1 aromatic carbocycles. The van der Waals surface area contributed by atoms with Crippen molar-refractivity contribution in [3.63, 3.8) is 0 Å². The molecule has 3 rings (SSSR count). The fraction of sp³-hybridized carbons (Fsp3) is 0.429. The topological polar surface area (TPSA) is 44.7 Å². The van der Waals surface area contributed by atoms with Crippen LogP contribution >= 0.6 is 0 Å². The highest BCUT2D eigenvalue weighted by Gasteiger charge is 2.22. The Balaban J connectivity index is 1.80. The molecule has 0 radical (unpaired) electrons. The van der Waals surface area contributed by atoms with Crippen LogP contribution in [0.5, 0.6) is 0 Å². The van der Waals surface area contributed by atoms with E-state index in [1.54, 1.807) is 5.01 Å². The number of para-hydroxylation sites is 1. The fourth-order valence-electron chi connectivity index (χ4n) is 2.50. The van der Waals surface area contributed by atoms with Gasteiger partial charge in [0.15, 0.2) is 0 Å². The summed E-state index contributed by atoms with van der Waals surface area (Å²) in [5, 5.41) is 8.95. The minimum absolute atomic E-state index is 0.119. The molecule has 1 aromatic rings. The summed E-state index contributed by atoms with van der Waals surface area (Å²) in [7, 11) is 0. The predicted octanol–water partition coefficient (Wildman–Crippen LogP) is 3.35. The number of nitrogens with zero attached hydrogens (tertiary/aromatic N) is 2. The third-order valence-electron chi connectivity index (χ3n) is 3.51. The maximum Gasteiger partial charge on any atom is 0.342 e. The molecule has 0 spiro atoms. The van der Waals surface area contributed by atoms with Crippen LogP contribution < -0.4 is 5.32 Å². The Bertz CT molecular complexity index is 488. The van der Waals surface area contributed by atoms with E-state index in [1.165, 1.54) is 19.3 Å². The van der Waals surface area contributed by atoms with Crippen molar-refractivity contribution in [1.82, 2.24) is 5.01 Å². The minimum atomic E-state index is -0.119. The average molecular weight is 243 g/mol. The molecule has 4 nitrogen and oxygen atoms in total. The van der Waals surface area contributed by atoms with Crippen molar-refractivity contribution in [2.75, 3.05) is 5.32 Å². The zero-order valence-electron chi connectivity index (χ0n) is 10.4. The number of anilines is 1. The van der Waals surface area contributed by atoms with E-state index in [0.717, 1.165) is 29.8 Å². The Morgan fingerprint density at radius 1 is 1.11 bits per heavy atom. The number of hydrogen-bond acceptors (Lipinski definition) is 2. The zero-order chi connectivity index (χ0) is 12.4. The molecule has 1 N–H and O–H groups in total. The van der Waals surface area contributed by atoms with E-state index >= 15 is 0 Å². The van der Waals surface area contributed by atoms with E-state index in [9.17, 15) is 4.79 Å². The second-order valence-electron chi connectivity index (χ2n) is 4.87. The Labute approximate surface area is 107 Å². The normalized spacial score (nSPS) is 19.2. The molecular weight excluding hydrogens is 226 g/mol. The van der Waals surface area contributed by atoms with Crippen molar-refractivity contribution in [2.24, 2.45) is 5.10 Å². The van der Waals surface area contributed by atoms with E-state index in [1.807, 2.05) is 24.3 Å². The van der Waals surface area contributed by atoms with Gasteiger partial charge in [-0.2, -0.15) is 5.10 Å². The summed E-state index contributed by atoms with van der Waals surface area (Å²) in [6.45, 7) is 0.575. The van der Waals surface area contributed by atoms with Crippen molar-refractivity contribution in [1.29, 1.82) is 0 Å². The van der Waals surface area contributed by atoms with Gasteiger partial charge in [-0.05, 0) is 37.3 Å². The van der Waals surface area contributed by atoms with E-state index in [-0.39, 0.29) is 6.03 Å². The molecule has 0 aromatic heterocycles. The predicted molar refractivity (Wildman–Crippen MR) is 71.5 cm³/mol. The van der Waals surface area contributed by atoms with Gasteiger partial charge in [0, 0.05) is 11.4 Å². The molecule has 1 saturated carbocycles. The maximum atomic E-state index is 11.9. The molecule has 18 heavy (non-hydrogen) atoms. The van der Waals surface area contributed by atoms with Gasteiger partial charge >= 0.3 is 6.03 Å². The van der Waals surface area contributed by atoms with Crippen molar-refractivity contribution >= 4 is 17.4 Å². The lowest BCUT2D eigenvalue weighted by molar-refractivity contribution is 0.209. The Hall–Kier alpha value is -1.84. The summed E-state index contributed by atoms with van der Waals surface area (Å²) in [4.78, 5) is 11.9. The van der Waals surface area contributed by atoms with Crippen LogP contribution in [0.3, 0.4) is 0 Å². The molecule has 0 unspecified atom stereocenters. The van der Waals surface area contributed by atoms with Crippen LogP contribution in [0.2, 0.25) is 0 Å². The third-order valence-corrected chi connectivity index (χ3v) is 3.51. The van der Waals surface area contributed by atoms with E-state index in [2.05, 4.69) is 10.4 Å². The highest BCUT2D eigenvalue weighted by atomic mass is 16.2. The number of hydrazone groups is 1. The SMILES string of the molecule is O=C1Nc2ccccc2CN1N=C1CCCCC1. The lowest BCUT2D eigenvalue weighted by Gasteiger charge is -2.26. The number of nitrogens with one attached hydrogen (secondary N) is 1. The van der Waals surface area contributed by atoms with Gasteiger partial charge in [-0.15, -0.1) is 0 Å². The summed E-state index contributed by atoms with van der Waals surface area (Å²) >= 11 is 0. The van der Waals surface area contributed by atoms with E-state index in [4.69, 9.17) is 0 Å². The van der Waals surface area contributed by atoms with Crippen LogP contribution in [0.15, 0.2) is 29.4 Å². The van der Waals surface area contributed by atoms with Crippen LogP contribution in [-0.2, 0) is 6.54 Å². The number of carbonyl (C=O) groups is 1. The van der Waals surface area contributed by atoms with Gasteiger partial charge in [0.25, 0.3) is 0 Å². The second-order valence-corrected chi connectivity index (χ2v) is 4.87. The third kappa shape index (κ3) is 2.23. The first kappa shape index (κ1) is 11.3. The summed E-state index contributed by atoms with van der Waals surface area (Å²) in [5.41, 5.74) is 3.19. The molecule has 0 atom stereocenters. The largest absolute Gasteiger partial charge is 0.342 e. The fourth-order valence-corrected chi connectivity index (χ4v) is 2.50. The van der Waals surface area contributed by atoms with Crippen LogP contribution in [0.4, 0.5) is 10.5 Å². The molecule has 1 fully saturated rings. The number of amides is 2. The average Bonchev–Trinajstić information content (AvgIpc) is 2.41. The number of carbonyl (C=O) groups excluding carboxylic acids is 1. The number of fused-ring (bicyclic) bond motifs is 1. The summed E-state index contributed by atoms with van der Waals surface area (Å²) < 4.78 is 0. The van der Waals surface area contributed by atoms with Crippen LogP contribution in [0.1, 0.15) is 37.7 Å². The molecular formula is C14H17N3O. The number of urea groups is 1. The number of benzene rings is 1. The van der Waals surface area contributed by atoms with Crippen LogP contribution in [0, 0.1) is 0 Å². The van der Waals surface area contributed by atoms with Crippen molar-refractivity contribution in [3.05, 3.63) is 29.8 Å². The van der Waals surface area contributed by atoms with Crippen molar-refractivity contribution in [2.45, 2.75) is 38.6 Å². The maximum absolute atomic E-state index is 11.9. The van der Waals surface area contributed by atoms with Gasteiger partial charge in [0.2, 0.25) is 0 Å². The van der Waals surface area contributed by atoms with Gasteiger partial charge in [0.05, 0.1) is 6.54 Å².